The van der Waals surface area contributed by atoms with Crippen molar-refractivity contribution in [2.45, 2.75) is 25.4 Å². The summed E-state index contributed by atoms with van der Waals surface area (Å²) in [4.78, 5) is 2.50. The highest BCUT2D eigenvalue weighted by Gasteiger charge is 2.20. The van der Waals surface area contributed by atoms with Crippen molar-refractivity contribution in [2.75, 3.05) is 32.6 Å². The van der Waals surface area contributed by atoms with Crippen molar-refractivity contribution >= 4 is 21.6 Å². The summed E-state index contributed by atoms with van der Waals surface area (Å²) >= 11 is 3.61. The molecule has 0 aliphatic carbocycles. The largest absolute Gasteiger partial charge is 0.493 e. The molecular weight excluding hydrogens is 380 g/mol. The fraction of sp³-hybridized carbons (Fsp3) is 0.400. The van der Waals surface area contributed by atoms with E-state index in [9.17, 15) is 0 Å². The van der Waals surface area contributed by atoms with E-state index in [1.165, 1.54) is 11.3 Å². The molecule has 4 nitrogen and oxygen atoms in total. The van der Waals surface area contributed by atoms with Crippen LogP contribution in [0.25, 0.3) is 0 Å². The first-order valence-electron chi connectivity index (χ1n) is 8.64. The van der Waals surface area contributed by atoms with E-state index in [0.717, 1.165) is 48.4 Å². The lowest BCUT2D eigenvalue weighted by Crippen LogP contribution is -2.38. The van der Waals surface area contributed by atoms with Crippen molar-refractivity contribution < 1.29 is 9.47 Å². The normalized spacial score (nSPS) is 15.8. The molecular formula is C20H25BrN2O2. The molecule has 0 unspecified atom stereocenters. The number of para-hydroxylation sites is 1. The van der Waals surface area contributed by atoms with Gasteiger partial charge in [-0.15, -0.1) is 0 Å². The van der Waals surface area contributed by atoms with E-state index in [1.807, 2.05) is 12.1 Å². The number of piperidine rings is 1. The van der Waals surface area contributed by atoms with Gasteiger partial charge in [0, 0.05) is 35.8 Å². The zero-order valence-corrected chi connectivity index (χ0v) is 16.4. The maximum atomic E-state index is 5.40. The van der Waals surface area contributed by atoms with Crippen LogP contribution in [0.15, 0.2) is 46.9 Å². The smallest absolute Gasteiger partial charge is 0.161 e. The molecule has 0 amide bonds. The fourth-order valence-corrected chi connectivity index (χ4v) is 3.67. The maximum Gasteiger partial charge on any atom is 0.161 e. The number of ether oxygens (including phenoxy) is 2. The fourth-order valence-electron chi connectivity index (χ4n) is 3.27. The molecule has 1 fully saturated rings. The van der Waals surface area contributed by atoms with Crippen molar-refractivity contribution in [3.05, 3.63) is 52.5 Å². The number of likely N-dealkylation sites (tertiary alicyclic amines) is 1. The molecule has 0 spiro atoms. The van der Waals surface area contributed by atoms with Gasteiger partial charge in [-0.1, -0.05) is 18.2 Å². The summed E-state index contributed by atoms with van der Waals surface area (Å²) < 4.78 is 11.8. The Morgan fingerprint density at radius 1 is 1.04 bits per heavy atom. The van der Waals surface area contributed by atoms with E-state index in [-0.39, 0.29) is 0 Å². The van der Waals surface area contributed by atoms with Crippen molar-refractivity contribution in [1.29, 1.82) is 0 Å². The molecule has 134 valence electrons. The number of benzene rings is 2. The number of nitrogens with zero attached hydrogens (tertiary/aromatic N) is 1. The van der Waals surface area contributed by atoms with Crippen molar-refractivity contribution in [3.63, 3.8) is 0 Å². The first-order valence-corrected chi connectivity index (χ1v) is 9.43. The molecule has 2 aromatic rings. The Kier molecular flexibility index (Phi) is 6.21. The topological polar surface area (TPSA) is 33.7 Å². The monoisotopic (exact) mass is 404 g/mol. The minimum atomic E-state index is 0.528. The first-order chi connectivity index (χ1) is 12.2. The van der Waals surface area contributed by atoms with Crippen LogP contribution in [-0.2, 0) is 6.54 Å². The molecule has 1 saturated heterocycles. The molecule has 5 heteroatoms. The van der Waals surface area contributed by atoms with Gasteiger partial charge in [0.05, 0.1) is 14.2 Å². The Bertz CT molecular complexity index is 700. The van der Waals surface area contributed by atoms with Gasteiger partial charge in [-0.05, 0) is 58.6 Å². The summed E-state index contributed by atoms with van der Waals surface area (Å²) in [5.41, 5.74) is 2.44. The van der Waals surface area contributed by atoms with Crippen LogP contribution >= 0.6 is 15.9 Å². The van der Waals surface area contributed by atoms with Gasteiger partial charge in [0.2, 0.25) is 0 Å². The number of methoxy groups -OCH3 is 2. The van der Waals surface area contributed by atoms with Crippen LogP contribution in [0.2, 0.25) is 0 Å². The van der Waals surface area contributed by atoms with E-state index in [4.69, 9.17) is 9.47 Å². The van der Waals surface area contributed by atoms with Crippen molar-refractivity contribution in [3.8, 4) is 11.5 Å². The van der Waals surface area contributed by atoms with Gasteiger partial charge in [-0.25, -0.2) is 0 Å². The number of hydrogen-bond acceptors (Lipinski definition) is 4. The highest BCUT2D eigenvalue weighted by molar-refractivity contribution is 9.10. The van der Waals surface area contributed by atoms with Crippen LogP contribution < -0.4 is 14.8 Å². The highest BCUT2D eigenvalue weighted by atomic mass is 79.9. The van der Waals surface area contributed by atoms with Gasteiger partial charge in [0.15, 0.2) is 11.5 Å². The quantitative estimate of drug-likeness (QED) is 0.765. The van der Waals surface area contributed by atoms with E-state index < -0.39 is 0 Å². The molecule has 0 bridgehead atoms. The molecule has 3 rings (SSSR count). The van der Waals surface area contributed by atoms with E-state index >= 15 is 0 Å². The number of hydrogen-bond donors (Lipinski definition) is 1. The third-order valence-corrected chi connectivity index (χ3v) is 5.37. The van der Waals surface area contributed by atoms with Gasteiger partial charge in [-0.3, -0.25) is 4.90 Å². The third-order valence-electron chi connectivity index (χ3n) is 4.68. The van der Waals surface area contributed by atoms with Crippen LogP contribution in [0.3, 0.4) is 0 Å². The zero-order chi connectivity index (χ0) is 17.6. The predicted molar refractivity (Wildman–Crippen MR) is 106 cm³/mol. The molecule has 1 aliphatic rings. The van der Waals surface area contributed by atoms with Crippen LogP contribution in [0.4, 0.5) is 5.69 Å². The third kappa shape index (κ3) is 4.67. The summed E-state index contributed by atoms with van der Waals surface area (Å²) in [6.45, 7) is 3.13. The Morgan fingerprint density at radius 2 is 1.76 bits per heavy atom. The summed E-state index contributed by atoms with van der Waals surface area (Å²) in [6, 6.07) is 15.0. The van der Waals surface area contributed by atoms with Gasteiger partial charge < -0.3 is 14.8 Å². The Morgan fingerprint density at radius 3 is 2.44 bits per heavy atom. The molecule has 1 heterocycles. The number of anilines is 1. The van der Waals surface area contributed by atoms with Crippen LogP contribution in [0, 0.1) is 0 Å². The van der Waals surface area contributed by atoms with Crippen LogP contribution in [0.1, 0.15) is 18.4 Å². The lowest BCUT2D eigenvalue weighted by atomic mass is 10.0. The second-order valence-corrected chi connectivity index (χ2v) is 7.22. The van der Waals surface area contributed by atoms with Crippen molar-refractivity contribution in [1.82, 2.24) is 4.90 Å². The minimum Gasteiger partial charge on any atom is -0.493 e. The second-order valence-electron chi connectivity index (χ2n) is 6.36. The molecule has 1 aliphatic heterocycles. The lowest BCUT2D eigenvalue weighted by Gasteiger charge is -2.33. The molecule has 0 saturated carbocycles. The Balaban J connectivity index is 1.53. The molecule has 25 heavy (non-hydrogen) atoms. The molecule has 0 radical (unpaired) electrons. The van der Waals surface area contributed by atoms with Crippen LogP contribution in [0.5, 0.6) is 11.5 Å². The SMILES string of the molecule is COc1ccc(CN2CCC(Nc3ccccc3Br)CC2)cc1OC. The molecule has 0 atom stereocenters. The second kappa shape index (κ2) is 8.59. The standard InChI is InChI=1S/C20H25BrN2O2/c1-24-19-8-7-15(13-20(19)25-2)14-23-11-9-16(10-12-23)22-18-6-4-3-5-17(18)21/h3-8,13,16,22H,9-12,14H2,1-2H3. The molecule has 0 aromatic heterocycles. The molecule has 2 aromatic carbocycles. The Labute approximate surface area is 158 Å². The average molecular weight is 405 g/mol. The summed E-state index contributed by atoms with van der Waals surface area (Å²) in [5, 5.41) is 3.66. The van der Waals surface area contributed by atoms with Gasteiger partial charge in [0.25, 0.3) is 0 Å². The van der Waals surface area contributed by atoms with Crippen LogP contribution in [-0.4, -0.2) is 38.3 Å². The number of halogens is 1. The number of rotatable bonds is 6. The maximum absolute atomic E-state index is 5.40. The minimum absolute atomic E-state index is 0.528. The zero-order valence-electron chi connectivity index (χ0n) is 14.8. The average Bonchev–Trinajstić information content (AvgIpc) is 2.65. The first kappa shape index (κ1) is 18.1. The summed E-state index contributed by atoms with van der Waals surface area (Å²) in [7, 11) is 3.35. The van der Waals surface area contributed by atoms with Gasteiger partial charge >= 0.3 is 0 Å². The van der Waals surface area contributed by atoms with E-state index in [0.29, 0.717) is 6.04 Å². The Hall–Kier alpha value is -1.72. The summed E-state index contributed by atoms with van der Waals surface area (Å²) in [6.07, 6.45) is 2.29. The lowest BCUT2D eigenvalue weighted by molar-refractivity contribution is 0.211. The van der Waals surface area contributed by atoms with E-state index in [2.05, 4.69) is 56.5 Å². The summed E-state index contributed by atoms with van der Waals surface area (Å²) in [5.74, 6) is 1.58. The van der Waals surface area contributed by atoms with Crippen molar-refractivity contribution in [2.24, 2.45) is 0 Å². The highest BCUT2D eigenvalue weighted by Crippen LogP contribution is 2.29. The predicted octanol–water partition coefficient (Wildman–Crippen LogP) is 4.54. The van der Waals surface area contributed by atoms with Gasteiger partial charge in [-0.2, -0.15) is 0 Å². The van der Waals surface area contributed by atoms with Gasteiger partial charge in [0.1, 0.15) is 0 Å². The van der Waals surface area contributed by atoms with E-state index in [1.54, 1.807) is 14.2 Å². The molecule has 1 N–H and O–H groups in total. The number of nitrogens with one attached hydrogen (secondary N) is 1.